The van der Waals surface area contributed by atoms with Crippen LogP contribution >= 0.6 is 0 Å². The van der Waals surface area contributed by atoms with Crippen LogP contribution in [0.4, 0.5) is 5.69 Å². The summed E-state index contributed by atoms with van der Waals surface area (Å²) in [7, 11) is 0. The summed E-state index contributed by atoms with van der Waals surface area (Å²) in [6.45, 7) is 5.12. The van der Waals surface area contributed by atoms with E-state index in [9.17, 15) is 0 Å². The van der Waals surface area contributed by atoms with Crippen LogP contribution in [0.25, 0.3) is 0 Å². The molecular weight excluding hydrogens is 244 g/mol. The standard InChI is InChI=1S/C18H32N2/c1-3-4-5-6-7-8-9-13-17(15-19)20-18-14-11-10-12-16(18)2/h10-12,14,17,20H,3-9,13,15,19H2,1-2H3. The molecule has 114 valence electrons. The second-order valence-corrected chi connectivity index (χ2v) is 5.80. The highest BCUT2D eigenvalue weighted by molar-refractivity contribution is 5.50. The lowest BCUT2D eigenvalue weighted by atomic mass is 10.0. The Kier molecular flexibility index (Phi) is 9.14. The first-order valence-electron chi connectivity index (χ1n) is 8.30. The van der Waals surface area contributed by atoms with Crippen LogP contribution in [0, 0.1) is 6.92 Å². The van der Waals surface area contributed by atoms with Crippen molar-refractivity contribution in [2.45, 2.75) is 71.3 Å². The van der Waals surface area contributed by atoms with Gasteiger partial charge >= 0.3 is 0 Å². The van der Waals surface area contributed by atoms with Crippen molar-refractivity contribution in [1.82, 2.24) is 0 Å². The average molecular weight is 276 g/mol. The van der Waals surface area contributed by atoms with Crippen molar-refractivity contribution in [2.75, 3.05) is 11.9 Å². The second kappa shape index (κ2) is 10.7. The molecule has 2 heteroatoms. The van der Waals surface area contributed by atoms with Crippen molar-refractivity contribution >= 4 is 5.69 Å². The molecule has 0 saturated heterocycles. The maximum Gasteiger partial charge on any atom is 0.0383 e. The highest BCUT2D eigenvalue weighted by Crippen LogP contribution is 2.16. The molecule has 20 heavy (non-hydrogen) atoms. The van der Waals surface area contributed by atoms with Crippen molar-refractivity contribution in [3.8, 4) is 0 Å². The molecule has 0 heterocycles. The molecule has 0 aliphatic heterocycles. The Balaban J connectivity index is 2.18. The van der Waals surface area contributed by atoms with Crippen molar-refractivity contribution < 1.29 is 0 Å². The molecule has 1 aromatic rings. The SMILES string of the molecule is CCCCCCCCCC(CN)Nc1ccccc1C. The number of nitrogens with one attached hydrogen (secondary N) is 1. The van der Waals surface area contributed by atoms with Gasteiger partial charge in [-0.1, -0.05) is 70.1 Å². The summed E-state index contributed by atoms with van der Waals surface area (Å²) in [6.07, 6.45) is 10.7. The summed E-state index contributed by atoms with van der Waals surface area (Å²) in [5.74, 6) is 0. The normalized spacial score (nSPS) is 12.3. The molecule has 0 aromatic heterocycles. The van der Waals surface area contributed by atoms with Crippen molar-refractivity contribution in [3.05, 3.63) is 29.8 Å². The van der Waals surface area contributed by atoms with Crippen molar-refractivity contribution in [3.63, 3.8) is 0 Å². The highest BCUT2D eigenvalue weighted by atomic mass is 14.9. The monoisotopic (exact) mass is 276 g/mol. The lowest BCUT2D eigenvalue weighted by molar-refractivity contribution is 0.547. The van der Waals surface area contributed by atoms with Gasteiger partial charge in [0.25, 0.3) is 0 Å². The number of anilines is 1. The van der Waals surface area contributed by atoms with E-state index in [1.54, 1.807) is 0 Å². The van der Waals surface area contributed by atoms with E-state index >= 15 is 0 Å². The number of para-hydroxylation sites is 1. The van der Waals surface area contributed by atoms with Crippen molar-refractivity contribution in [2.24, 2.45) is 5.73 Å². The Hall–Kier alpha value is -1.02. The number of benzene rings is 1. The zero-order chi connectivity index (χ0) is 14.6. The molecule has 0 aliphatic rings. The van der Waals surface area contributed by atoms with Gasteiger partial charge in [0.05, 0.1) is 0 Å². The van der Waals surface area contributed by atoms with Gasteiger partial charge in [-0.05, 0) is 25.0 Å². The molecule has 0 fully saturated rings. The van der Waals surface area contributed by atoms with Crippen LogP contribution in [0.5, 0.6) is 0 Å². The van der Waals surface area contributed by atoms with Gasteiger partial charge in [0.2, 0.25) is 0 Å². The molecule has 0 saturated carbocycles. The minimum absolute atomic E-state index is 0.409. The fraction of sp³-hybridized carbons (Fsp3) is 0.667. The molecule has 3 N–H and O–H groups in total. The van der Waals surface area contributed by atoms with E-state index in [2.05, 4.69) is 43.4 Å². The molecule has 0 bridgehead atoms. The molecule has 0 aliphatic carbocycles. The van der Waals surface area contributed by atoms with Gasteiger partial charge in [-0.15, -0.1) is 0 Å². The molecule has 2 nitrogen and oxygen atoms in total. The molecule has 1 atom stereocenters. The van der Waals surface area contributed by atoms with E-state index < -0.39 is 0 Å². The third-order valence-corrected chi connectivity index (χ3v) is 3.95. The molecule has 1 rings (SSSR count). The Bertz CT molecular complexity index is 349. The predicted octanol–water partition coefficient (Wildman–Crippen LogP) is 4.87. The Morgan fingerprint density at radius 3 is 2.30 bits per heavy atom. The number of hydrogen-bond donors (Lipinski definition) is 2. The Labute approximate surface area is 125 Å². The van der Waals surface area contributed by atoms with Crippen LogP contribution in [0.1, 0.15) is 63.9 Å². The lowest BCUT2D eigenvalue weighted by Gasteiger charge is -2.19. The topological polar surface area (TPSA) is 38.0 Å². The maximum absolute atomic E-state index is 5.89. The lowest BCUT2D eigenvalue weighted by Crippen LogP contribution is -2.29. The van der Waals surface area contributed by atoms with E-state index in [0.717, 1.165) is 0 Å². The van der Waals surface area contributed by atoms with Crippen LogP contribution < -0.4 is 11.1 Å². The molecule has 1 aromatic carbocycles. The van der Waals surface area contributed by atoms with Gasteiger partial charge in [0, 0.05) is 18.3 Å². The van der Waals surface area contributed by atoms with Crippen LogP contribution in [0.2, 0.25) is 0 Å². The number of hydrogen-bond acceptors (Lipinski definition) is 2. The number of rotatable bonds is 11. The molecule has 0 spiro atoms. The molecular formula is C18H32N2. The highest BCUT2D eigenvalue weighted by Gasteiger charge is 2.07. The zero-order valence-electron chi connectivity index (χ0n) is 13.3. The van der Waals surface area contributed by atoms with E-state index in [-0.39, 0.29) is 0 Å². The summed E-state index contributed by atoms with van der Waals surface area (Å²) < 4.78 is 0. The van der Waals surface area contributed by atoms with Gasteiger partial charge in [0.1, 0.15) is 0 Å². The summed E-state index contributed by atoms with van der Waals surface area (Å²) in [5, 5.41) is 3.58. The average Bonchev–Trinajstić information content (AvgIpc) is 2.47. The van der Waals surface area contributed by atoms with E-state index in [4.69, 9.17) is 5.73 Å². The molecule has 0 amide bonds. The Morgan fingerprint density at radius 1 is 1.00 bits per heavy atom. The van der Waals surface area contributed by atoms with Gasteiger partial charge in [-0.2, -0.15) is 0 Å². The van der Waals surface area contributed by atoms with E-state index in [1.165, 1.54) is 62.6 Å². The van der Waals surface area contributed by atoms with Gasteiger partial charge < -0.3 is 11.1 Å². The first kappa shape index (κ1) is 17.0. The van der Waals surface area contributed by atoms with Crippen LogP contribution in [0.15, 0.2) is 24.3 Å². The fourth-order valence-corrected chi connectivity index (χ4v) is 2.55. The minimum atomic E-state index is 0.409. The molecule has 1 unspecified atom stereocenters. The smallest absolute Gasteiger partial charge is 0.0383 e. The summed E-state index contributed by atoms with van der Waals surface area (Å²) in [5.41, 5.74) is 8.41. The molecule has 0 radical (unpaired) electrons. The third-order valence-electron chi connectivity index (χ3n) is 3.95. The quantitative estimate of drug-likeness (QED) is 0.566. The Morgan fingerprint density at radius 2 is 1.65 bits per heavy atom. The van der Waals surface area contributed by atoms with E-state index in [0.29, 0.717) is 12.6 Å². The summed E-state index contributed by atoms with van der Waals surface area (Å²) >= 11 is 0. The third kappa shape index (κ3) is 6.95. The first-order valence-corrected chi connectivity index (χ1v) is 8.30. The summed E-state index contributed by atoms with van der Waals surface area (Å²) in [4.78, 5) is 0. The zero-order valence-corrected chi connectivity index (χ0v) is 13.3. The number of aryl methyl sites for hydroxylation is 1. The second-order valence-electron chi connectivity index (χ2n) is 5.80. The van der Waals surface area contributed by atoms with Crippen molar-refractivity contribution in [1.29, 1.82) is 0 Å². The largest absolute Gasteiger partial charge is 0.381 e. The van der Waals surface area contributed by atoms with Crippen LogP contribution in [0.3, 0.4) is 0 Å². The van der Waals surface area contributed by atoms with Gasteiger partial charge in [0.15, 0.2) is 0 Å². The number of nitrogens with two attached hydrogens (primary N) is 1. The fourth-order valence-electron chi connectivity index (χ4n) is 2.55. The summed E-state index contributed by atoms with van der Waals surface area (Å²) in [6, 6.07) is 8.85. The van der Waals surface area contributed by atoms with Crippen LogP contribution in [-0.4, -0.2) is 12.6 Å². The number of unbranched alkanes of at least 4 members (excludes halogenated alkanes) is 6. The predicted molar refractivity (Wildman–Crippen MR) is 90.3 cm³/mol. The van der Waals surface area contributed by atoms with Gasteiger partial charge in [-0.3, -0.25) is 0 Å². The van der Waals surface area contributed by atoms with E-state index in [1.807, 2.05) is 0 Å². The van der Waals surface area contributed by atoms with Crippen LogP contribution in [-0.2, 0) is 0 Å². The first-order chi connectivity index (χ1) is 9.77. The maximum atomic E-state index is 5.89. The van der Waals surface area contributed by atoms with Gasteiger partial charge in [-0.25, -0.2) is 0 Å². The minimum Gasteiger partial charge on any atom is -0.381 e.